The number of carbonyl (C=O) groups excluding carboxylic acids is 1. The summed E-state index contributed by atoms with van der Waals surface area (Å²) in [7, 11) is 0. The Morgan fingerprint density at radius 1 is 1.47 bits per heavy atom. The number of amides is 1. The number of nitrogen functional groups attached to an aromatic ring is 1. The maximum Gasteiger partial charge on any atom is 0.335 e. The average molecular weight is 235 g/mol. The second-order valence-electron chi connectivity index (χ2n) is 4.05. The van der Waals surface area contributed by atoms with Crippen LogP contribution in [0, 0.1) is 0 Å². The molecule has 1 aliphatic heterocycles. The van der Waals surface area contributed by atoms with Crippen LogP contribution in [0.25, 0.3) is 0 Å². The van der Waals surface area contributed by atoms with Crippen molar-refractivity contribution >= 4 is 23.3 Å². The fourth-order valence-electron chi connectivity index (χ4n) is 1.90. The van der Waals surface area contributed by atoms with Crippen LogP contribution in [0.2, 0.25) is 0 Å². The van der Waals surface area contributed by atoms with Crippen LogP contribution in [-0.2, 0) is 4.79 Å². The molecule has 1 atom stereocenters. The van der Waals surface area contributed by atoms with Crippen molar-refractivity contribution in [3.05, 3.63) is 23.8 Å². The van der Waals surface area contributed by atoms with Gasteiger partial charge in [-0.25, -0.2) is 4.79 Å². The van der Waals surface area contributed by atoms with Crippen LogP contribution in [0.15, 0.2) is 18.2 Å². The molecule has 6 heteroatoms. The van der Waals surface area contributed by atoms with Gasteiger partial charge < -0.3 is 21.5 Å². The van der Waals surface area contributed by atoms with E-state index in [1.807, 2.05) is 0 Å². The quantitative estimate of drug-likeness (QED) is 0.626. The third-order valence-corrected chi connectivity index (χ3v) is 2.72. The zero-order chi connectivity index (χ0) is 12.6. The van der Waals surface area contributed by atoms with E-state index >= 15 is 0 Å². The molecule has 1 aliphatic rings. The van der Waals surface area contributed by atoms with Crippen molar-refractivity contribution in [2.24, 2.45) is 5.73 Å². The third-order valence-electron chi connectivity index (χ3n) is 2.72. The van der Waals surface area contributed by atoms with E-state index < -0.39 is 5.97 Å². The van der Waals surface area contributed by atoms with E-state index in [9.17, 15) is 9.59 Å². The summed E-state index contributed by atoms with van der Waals surface area (Å²) in [5.41, 5.74) is 12.3. The van der Waals surface area contributed by atoms with Crippen molar-refractivity contribution in [1.82, 2.24) is 0 Å². The van der Waals surface area contributed by atoms with E-state index in [4.69, 9.17) is 16.6 Å². The molecule has 17 heavy (non-hydrogen) atoms. The lowest BCUT2D eigenvalue weighted by molar-refractivity contribution is -0.117. The zero-order valence-electron chi connectivity index (χ0n) is 9.09. The Hall–Kier alpha value is -2.08. The molecule has 1 amide bonds. The maximum atomic E-state index is 11.6. The Bertz CT molecular complexity index is 487. The van der Waals surface area contributed by atoms with Gasteiger partial charge in [0.05, 0.1) is 16.9 Å². The molecule has 6 nitrogen and oxygen atoms in total. The molecular formula is C11H13N3O3. The highest BCUT2D eigenvalue weighted by Crippen LogP contribution is 2.28. The van der Waals surface area contributed by atoms with Crippen LogP contribution in [0.4, 0.5) is 11.4 Å². The first-order valence-corrected chi connectivity index (χ1v) is 5.18. The van der Waals surface area contributed by atoms with Gasteiger partial charge in [0.25, 0.3) is 0 Å². The molecule has 1 saturated heterocycles. The lowest BCUT2D eigenvalue weighted by Crippen LogP contribution is -2.28. The number of carbonyl (C=O) groups is 2. The van der Waals surface area contributed by atoms with Crippen molar-refractivity contribution in [3.8, 4) is 0 Å². The highest BCUT2D eigenvalue weighted by Gasteiger charge is 2.29. The van der Waals surface area contributed by atoms with Gasteiger partial charge in [-0.05, 0) is 18.2 Å². The molecule has 1 aromatic carbocycles. The summed E-state index contributed by atoms with van der Waals surface area (Å²) in [5.74, 6) is -1.14. The van der Waals surface area contributed by atoms with Gasteiger partial charge in [-0.1, -0.05) is 0 Å². The minimum absolute atomic E-state index is 0.0905. The molecule has 0 aliphatic carbocycles. The third kappa shape index (κ3) is 2.07. The van der Waals surface area contributed by atoms with E-state index in [0.717, 1.165) is 0 Å². The number of carboxylic acids is 1. The van der Waals surface area contributed by atoms with Gasteiger partial charge in [-0.2, -0.15) is 0 Å². The smallest absolute Gasteiger partial charge is 0.335 e. The lowest BCUT2D eigenvalue weighted by Gasteiger charge is -2.18. The van der Waals surface area contributed by atoms with Gasteiger partial charge in [0, 0.05) is 19.0 Å². The molecule has 90 valence electrons. The Labute approximate surface area is 97.8 Å². The fourth-order valence-corrected chi connectivity index (χ4v) is 1.90. The number of carboxylic acid groups (broad SMARTS) is 1. The average Bonchev–Trinajstić information content (AvgIpc) is 2.57. The first-order chi connectivity index (χ1) is 7.99. The summed E-state index contributed by atoms with van der Waals surface area (Å²) in [6, 6.07) is 4.11. The maximum absolute atomic E-state index is 11.6. The number of nitrogens with two attached hydrogens (primary N) is 2. The monoisotopic (exact) mass is 235 g/mol. The van der Waals surface area contributed by atoms with Crippen molar-refractivity contribution in [1.29, 1.82) is 0 Å². The number of hydrogen-bond acceptors (Lipinski definition) is 4. The minimum Gasteiger partial charge on any atom is -0.478 e. The summed E-state index contributed by atoms with van der Waals surface area (Å²) >= 11 is 0. The SMILES string of the molecule is Nc1cc(C(=O)O)ccc1N1CC(N)CC1=O. The number of hydrogen-bond donors (Lipinski definition) is 3. The molecule has 0 bridgehead atoms. The zero-order valence-corrected chi connectivity index (χ0v) is 9.09. The van der Waals surface area contributed by atoms with E-state index in [1.165, 1.54) is 23.1 Å². The highest BCUT2D eigenvalue weighted by atomic mass is 16.4. The first kappa shape index (κ1) is 11.4. The Balaban J connectivity index is 2.34. The number of aromatic carboxylic acids is 1. The predicted octanol–water partition coefficient (Wildman–Crippen LogP) is 0.0310. The van der Waals surface area contributed by atoms with Crippen LogP contribution in [-0.4, -0.2) is 29.6 Å². The lowest BCUT2D eigenvalue weighted by atomic mass is 10.1. The molecule has 0 aromatic heterocycles. The van der Waals surface area contributed by atoms with Crippen LogP contribution in [0.3, 0.4) is 0 Å². The van der Waals surface area contributed by atoms with E-state index in [1.54, 1.807) is 0 Å². The van der Waals surface area contributed by atoms with Crippen molar-refractivity contribution in [3.63, 3.8) is 0 Å². The molecule has 0 saturated carbocycles. The summed E-state index contributed by atoms with van der Waals surface area (Å²) in [6.07, 6.45) is 0.292. The van der Waals surface area contributed by atoms with E-state index in [-0.39, 0.29) is 23.2 Å². The summed E-state index contributed by atoms with van der Waals surface area (Å²) in [6.45, 7) is 0.412. The molecule has 5 N–H and O–H groups in total. The number of benzene rings is 1. The molecule has 0 spiro atoms. The largest absolute Gasteiger partial charge is 0.478 e. The number of rotatable bonds is 2. The van der Waals surface area contributed by atoms with E-state index in [2.05, 4.69) is 0 Å². The van der Waals surface area contributed by atoms with Gasteiger partial charge in [-0.3, -0.25) is 4.79 Å². The molecule has 1 aromatic rings. The van der Waals surface area contributed by atoms with Gasteiger partial charge in [0.15, 0.2) is 0 Å². The molecule has 1 unspecified atom stereocenters. The molecule has 1 fully saturated rings. The fraction of sp³-hybridized carbons (Fsp3) is 0.273. The molecule has 2 rings (SSSR count). The van der Waals surface area contributed by atoms with Crippen molar-refractivity contribution in [2.45, 2.75) is 12.5 Å². The summed E-state index contributed by atoms with van der Waals surface area (Å²) < 4.78 is 0. The van der Waals surface area contributed by atoms with Gasteiger partial charge in [0.1, 0.15) is 0 Å². The van der Waals surface area contributed by atoms with Crippen molar-refractivity contribution in [2.75, 3.05) is 17.2 Å². The second kappa shape index (κ2) is 4.06. The first-order valence-electron chi connectivity index (χ1n) is 5.18. The summed E-state index contributed by atoms with van der Waals surface area (Å²) in [5, 5.41) is 8.80. The standard InChI is InChI=1S/C11H13N3O3/c12-7-4-10(15)14(5-7)9-2-1-6(11(16)17)3-8(9)13/h1-3,7H,4-5,12-13H2,(H,16,17). The molecular weight excluding hydrogens is 222 g/mol. The topological polar surface area (TPSA) is 110 Å². The van der Waals surface area contributed by atoms with Gasteiger partial charge in [-0.15, -0.1) is 0 Å². The van der Waals surface area contributed by atoms with Crippen LogP contribution in [0.1, 0.15) is 16.8 Å². The predicted molar refractivity (Wildman–Crippen MR) is 62.8 cm³/mol. The molecule has 0 radical (unpaired) electrons. The molecule has 1 heterocycles. The van der Waals surface area contributed by atoms with E-state index in [0.29, 0.717) is 18.7 Å². The number of anilines is 2. The Kier molecular flexibility index (Phi) is 2.72. The highest BCUT2D eigenvalue weighted by molar-refractivity contribution is 6.00. The minimum atomic E-state index is -1.05. The normalized spacial score (nSPS) is 19.7. The van der Waals surface area contributed by atoms with Crippen LogP contribution < -0.4 is 16.4 Å². The second-order valence-corrected chi connectivity index (χ2v) is 4.05. The van der Waals surface area contributed by atoms with Gasteiger partial charge in [0.2, 0.25) is 5.91 Å². The van der Waals surface area contributed by atoms with Crippen LogP contribution >= 0.6 is 0 Å². The van der Waals surface area contributed by atoms with Gasteiger partial charge >= 0.3 is 5.97 Å². The Morgan fingerprint density at radius 2 is 2.18 bits per heavy atom. The Morgan fingerprint density at radius 3 is 2.65 bits per heavy atom. The van der Waals surface area contributed by atoms with Crippen molar-refractivity contribution < 1.29 is 14.7 Å². The van der Waals surface area contributed by atoms with Crippen LogP contribution in [0.5, 0.6) is 0 Å². The summed E-state index contributed by atoms with van der Waals surface area (Å²) in [4.78, 5) is 23.9. The number of nitrogens with zero attached hydrogens (tertiary/aromatic N) is 1.